The monoisotopic (exact) mass is 273 g/mol. The van der Waals surface area contributed by atoms with Crippen molar-refractivity contribution < 1.29 is 4.79 Å². The highest BCUT2D eigenvalue weighted by Gasteiger charge is 2.13. The van der Waals surface area contributed by atoms with Crippen LogP contribution in [-0.4, -0.2) is 44.0 Å². The minimum atomic E-state index is -0.0932. The lowest BCUT2D eigenvalue weighted by atomic mass is 10.0. The van der Waals surface area contributed by atoms with Crippen LogP contribution in [0.25, 0.3) is 0 Å². The molecule has 1 atom stereocenters. The molecule has 0 aromatic heterocycles. The summed E-state index contributed by atoms with van der Waals surface area (Å²) in [5.74, 6) is 5.65. The molecule has 4 nitrogen and oxygen atoms in total. The van der Waals surface area contributed by atoms with Gasteiger partial charge in [-0.25, -0.2) is 0 Å². The van der Waals surface area contributed by atoms with Gasteiger partial charge in [-0.1, -0.05) is 23.5 Å². The van der Waals surface area contributed by atoms with Crippen molar-refractivity contribution in [2.24, 2.45) is 5.73 Å². The lowest BCUT2D eigenvalue weighted by molar-refractivity contribution is 0.0934. The first-order valence-electron chi connectivity index (χ1n) is 6.69. The molecule has 0 fully saturated rings. The third-order valence-electron chi connectivity index (χ3n) is 2.76. The van der Waals surface area contributed by atoms with E-state index in [1.165, 1.54) is 0 Å². The highest BCUT2D eigenvalue weighted by molar-refractivity contribution is 5.97. The quantitative estimate of drug-likeness (QED) is 0.804. The van der Waals surface area contributed by atoms with Crippen LogP contribution < -0.4 is 11.1 Å². The molecule has 1 rings (SSSR count). The average Bonchev–Trinajstić information content (AvgIpc) is 2.36. The molecule has 1 unspecified atom stereocenters. The Balaban J connectivity index is 2.93. The number of carbonyl (C=O) groups is 1. The molecule has 0 bridgehead atoms. The average molecular weight is 273 g/mol. The van der Waals surface area contributed by atoms with Crippen LogP contribution in [0.2, 0.25) is 0 Å². The predicted octanol–water partition coefficient (Wildman–Crippen LogP) is 0.985. The first-order chi connectivity index (χ1) is 9.43. The molecule has 0 aliphatic carbocycles. The number of aryl methyl sites for hydroxylation is 1. The molecular weight excluding hydrogens is 250 g/mol. The Morgan fingerprint density at radius 1 is 1.45 bits per heavy atom. The van der Waals surface area contributed by atoms with E-state index in [0.29, 0.717) is 5.56 Å². The van der Waals surface area contributed by atoms with Gasteiger partial charge in [0.1, 0.15) is 0 Å². The number of rotatable bonds is 4. The number of likely N-dealkylation sites (N-methyl/N-ethyl adjacent to an activating group) is 1. The molecule has 0 saturated heterocycles. The van der Waals surface area contributed by atoms with E-state index in [1.54, 1.807) is 0 Å². The molecule has 0 aliphatic rings. The number of hydrogen-bond acceptors (Lipinski definition) is 3. The SMILES string of the molecule is Cc1ccc(C#CCN)c(C(=O)NC(C)CN(C)C)c1. The molecule has 0 heterocycles. The van der Waals surface area contributed by atoms with Gasteiger partial charge in [-0.2, -0.15) is 0 Å². The number of nitrogens with zero attached hydrogens (tertiary/aromatic N) is 1. The number of nitrogens with one attached hydrogen (secondary N) is 1. The normalized spacial score (nSPS) is 11.7. The number of amides is 1. The fraction of sp³-hybridized carbons (Fsp3) is 0.438. The van der Waals surface area contributed by atoms with Gasteiger partial charge in [-0.3, -0.25) is 4.79 Å². The van der Waals surface area contributed by atoms with E-state index >= 15 is 0 Å². The molecule has 20 heavy (non-hydrogen) atoms. The second-order valence-corrected chi connectivity index (χ2v) is 5.19. The summed E-state index contributed by atoms with van der Waals surface area (Å²) in [5.41, 5.74) is 7.75. The Morgan fingerprint density at radius 3 is 2.75 bits per heavy atom. The maximum Gasteiger partial charge on any atom is 0.252 e. The Morgan fingerprint density at radius 2 is 2.15 bits per heavy atom. The molecule has 108 valence electrons. The van der Waals surface area contributed by atoms with E-state index in [0.717, 1.165) is 17.7 Å². The number of nitrogens with two attached hydrogens (primary N) is 1. The van der Waals surface area contributed by atoms with Crippen molar-refractivity contribution in [1.82, 2.24) is 10.2 Å². The summed E-state index contributed by atoms with van der Waals surface area (Å²) in [6.07, 6.45) is 0. The largest absolute Gasteiger partial charge is 0.348 e. The van der Waals surface area contributed by atoms with Crippen LogP contribution in [0.4, 0.5) is 0 Å². The summed E-state index contributed by atoms with van der Waals surface area (Å²) in [6.45, 7) is 5.02. The van der Waals surface area contributed by atoms with E-state index in [9.17, 15) is 4.79 Å². The topological polar surface area (TPSA) is 58.4 Å². The van der Waals surface area contributed by atoms with Crippen LogP contribution in [0.15, 0.2) is 18.2 Å². The summed E-state index contributed by atoms with van der Waals surface area (Å²) in [6, 6.07) is 5.75. The van der Waals surface area contributed by atoms with Crippen LogP contribution in [0.1, 0.15) is 28.4 Å². The summed E-state index contributed by atoms with van der Waals surface area (Å²) in [7, 11) is 3.96. The second kappa shape index (κ2) is 7.68. The van der Waals surface area contributed by atoms with Gasteiger partial charge in [0.25, 0.3) is 5.91 Å². The van der Waals surface area contributed by atoms with Crippen LogP contribution >= 0.6 is 0 Å². The van der Waals surface area contributed by atoms with Crippen LogP contribution in [0, 0.1) is 18.8 Å². The lowest BCUT2D eigenvalue weighted by Gasteiger charge is -2.18. The van der Waals surface area contributed by atoms with Gasteiger partial charge in [-0.15, -0.1) is 0 Å². The van der Waals surface area contributed by atoms with Gasteiger partial charge in [0.2, 0.25) is 0 Å². The van der Waals surface area contributed by atoms with Gasteiger partial charge >= 0.3 is 0 Å². The van der Waals surface area contributed by atoms with Crippen molar-refractivity contribution in [3.8, 4) is 11.8 Å². The molecule has 0 aliphatic heterocycles. The van der Waals surface area contributed by atoms with Crippen LogP contribution in [0.3, 0.4) is 0 Å². The van der Waals surface area contributed by atoms with E-state index in [1.807, 2.05) is 51.0 Å². The van der Waals surface area contributed by atoms with Crippen molar-refractivity contribution in [3.05, 3.63) is 34.9 Å². The summed E-state index contributed by atoms with van der Waals surface area (Å²) >= 11 is 0. The first-order valence-corrected chi connectivity index (χ1v) is 6.69. The fourth-order valence-electron chi connectivity index (χ4n) is 2.00. The molecule has 0 spiro atoms. The van der Waals surface area contributed by atoms with E-state index in [-0.39, 0.29) is 18.5 Å². The maximum absolute atomic E-state index is 12.3. The van der Waals surface area contributed by atoms with Gasteiger partial charge in [-0.05, 0) is 40.1 Å². The summed E-state index contributed by atoms with van der Waals surface area (Å²) in [5, 5.41) is 2.99. The zero-order valence-electron chi connectivity index (χ0n) is 12.7. The minimum Gasteiger partial charge on any atom is -0.348 e. The van der Waals surface area contributed by atoms with Crippen LogP contribution in [0.5, 0.6) is 0 Å². The Kier molecular flexibility index (Phi) is 6.23. The first kappa shape index (κ1) is 16.2. The Bertz CT molecular complexity index is 526. The summed E-state index contributed by atoms with van der Waals surface area (Å²) in [4.78, 5) is 14.4. The molecule has 3 N–H and O–H groups in total. The Labute approximate surface area is 121 Å². The second-order valence-electron chi connectivity index (χ2n) is 5.19. The number of hydrogen-bond donors (Lipinski definition) is 2. The predicted molar refractivity (Wildman–Crippen MR) is 82.6 cm³/mol. The molecule has 0 radical (unpaired) electrons. The number of benzene rings is 1. The van der Waals surface area contributed by atoms with Gasteiger partial charge in [0.15, 0.2) is 0 Å². The minimum absolute atomic E-state index is 0.0772. The molecule has 1 aromatic carbocycles. The third kappa shape index (κ3) is 5.04. The fourth-order valence-corrected chi connectivity index (χ4v) is 2.00. The molecule has 4 heteroatoms. The maximum atomic E-state index is 12.3. The smallest absolute Gasteiger partial charge is 0.252 e. The van der Waals surface area contributed by atoms with Crippen molar-refractivity contribution in [1.29, 1.82) is 0 Å². The van der Waals surface area contributed by atoms with Crippen molar-refractivity contribution in [2.75, 3.05) is 27.2 Å². The highest BCUT2D eigenvalue weighted by Crippen LogP contribution is 2.11. The number of carbonyl (C=O) groups excluding carboxylic acids is 1. The molecule has 0 saturated carbocycles. The van der Waals surface area contributed by atoms with E-state index in [4.69, 9.17) is 5.73 Å². The molecular formula is C16H23N3O. The zero-order valence-corrected chi connectivity index (χ0v) is 12.7. The molecule has 1 amide bonds. The highest BCUT2D eigenvalue weighted by atomic mass is 16.1. The van der Waals surface area contributed by atoms with Gasteiger partial charge in [0, 0.05) is 18.2 Å². The van der Waals surface area contributed by atoms with Crippen molar-refractivity contribution in [3.63, 3.8) is 0 Å². The zero-order chi connectivity index (χ0) is 15.1. The van der Waals surface area contributed by atoms with Crippen molar-refractivity contribution in [2.45, 2.75) is 19.9 Å². The van der Waals surface area contributed by atoms with Crippen LogP contribution in [-0.2, 0) is 0 Å². The van der Waals surface area contributed by atoms with Gasteiger partial charge in [0.05, 0.1) is 12.1 Å². The Hall–Kier alpha value is -1.83. The van der Waals surface area contributed by atoms with E-state index in [2.05, 4.69) is 17.2 Å². The van der Waals surface area contributed by atoms with Crippen molar-refractivity contribution >= 4 is 5.91 Å². The lowest BCUT2D eigenvalue weighted by Crippen LogP contribution is -2.39. The standard InChI is InChI=1S/C16H23N3O/c1-12-7-8-14(6-5-9-17)15(10-12)16(20)18-13(2)11-19(3)4/h7-8,10,13H,9,11,17H2,1-4H3,(H,18,20). The van der Waals surface area contributed by atoms with Gasteiger partial charge < -0.3 is 16.0 Å². The summed E-state index contributed by atoms with van der Waals surface area (Å²) < 4.78 is 0. The molecule has 1 aromatic rings. The third-order valence-corrected chi connectivity index (χ3v) is 2.76. The van der Waals surface area contributed by atoms with E-state index < -0.39 is 0 Å².